The quantitative estimate of drug-likeness (QED) is 0.0294. The van der Waals surface area contributed by atoms with Crippen LogP contribution < -0.4 is 37.9 Å². The first-order valence-electron chi connectivity index (χ1n) is 20.9. The number of ether oxygens (including phenoxy) is 8. The molecule has 1 aliphatic heterocycles. The van der Waals surface area contributed by atoms with E-state index in [9.17, 15) is 9.59 Å². The molecule has 0 spiro atoms. The summed E-state index contributed by atoms with van der Waals surface area (Å²) in [6.45, 7) is 11.0. The number of rotatable bonds is 24. The van der Waals surface area contributed by atoms with Gasteiger partial charge in [0.1, 0.15) is 51.6 Å². The minimum Gasteiger partial charge on any atom is -0.497 e. The Labute approximate surface area is 344 Å². The maximum absolute atomic E-state index is 14.3. The van der Waals surface area contributed by atoms with Crippen molar-refractivity contribution in [3.8, 4) is 46.0 Å². The number of hydrogen-bond donors (Lipinski definition) is 0. The summed E-state index contributed by atoms with van der Waals surface area (Å²) in [5.74, 6) is 3.21. The van der Waals surface area contributed by atoms with E-state index in [1.54, 1.807) is 49.6 Å². The maximum Gasteiger partial charge on any atom is 0.347 e. The van der Waals surface area contributed by atoms with E-state index in [4.69, 9.17) is 37.9 Å². The summed E-state index contributed by atoms with van der Waals surface area (Å²) in [5, 5.41) is 0. The Kier molecular flexibility index (Phi) is 17.0. The van der Waals surface area contributed by atoms with Crippen LogP contribution in [0.2, 0.25) is 0 Å². The molecule has 4 aromatic carbocycles. The normalized spacial score (nSPS) is 13.2. The van der Waals surface area contributed by atoms with Crippen LogP contribution in [0.3, 0.4) is 0 Å². The second-order valence-corrected chi connectivity index (χ2v) is 14.5. The molecule has 1 unspecified atom stereocenters. The molecule has 0 bridgehead atoms. The van der Waals surface area contributed by atoms with Crippen molar-refractivity contribution in [2.45, 2.75) is 97.8 Å². The minimum atomic E-state index is -0.683. The highest BCUT2D eigenvalue weighted by molar-refractivity contribution is 6.02. The number of methoxy groups -OCH3 is 2. The van der Waals surface area contributed by atoms with E-state index in [1.807, 2.05) is 24.3 Å². The second-order valence-electron chi connectivity index (χ2n) is 14.5. The number of benzene rings is 4. The van der Waals surface area contributed by atoms with Gasteiger partial charge in [0.25, 0.3) is 0 Å². The molecule has 4 aromatic rings. The van der Waals surface area contributed by atoms with Crippen LogP contribution in [0.25, 0.3) is 0 Å². The fourth-order valence-corrected chi connectivity index (χ4v) is 6.59. The van der Waals surface area contributed by atoms with E-state index in [1.165, 1.54) is 7.11 Å². The molecule has 0 amide bonds. The molecular weight excluding hydrogens is 737 g/mol. The first-order valence-corrected chi connectivity index (χ1v) is 20.9. The van der Waals surface area contributed by atoms with Crippen LogP contribution >= 0.6 is 0 Å². The Morgan fingerprint density at radius 3 is 1.86 bits per heavy atom. The standard InChI is InChI=1S/C48H60O10/c1-7-11-21-53-37-18-16-33-25-35(32-57-44(33)28-37)40-30-41(45(52-6)31-46(40)56-24-14-10-4)48(50)58-47-29-38(54-22-12-8-2)19-20-39(47)42(49)26-34-15-17-36(51-5)27-43(34)55-23-13-9-3/h15-20,27-31,35H,7-14,21-26,32H2,1-6H3. The maximum atomic E-state index is 14.3. The van der Waals surface area contributed by atoms with Crippen molar-refractivity contribution in [3.63, 3.8) is 0 Å². The highest BCUT2D eigenvalue weighted by atomic mass is 16.5. The van der Waals surface area contributed by atoms with E-state index in [-0.39, 0.29) is 35.0 Å². The first-order chi connectivity index (χ1) is 28.3. The van der Waals surface area contributed by atoms with Crippen LogP contribution in [-0.2, 0) is 12.8 Å². The Morgan fingerprint density at radius 2 is 1.21 bits per heavy atom. The smallest absolute Gasteiger partial charge is 0.347 e. The third-order valence-corrected chi connectivity index (χ3v) is 10.1. The van der Waals surface area contributed by atoms with Crippen LogP contribution in [0, 0.1) is 0 Å². The Morgan fingerprint density at radius 1 is 0.603 bits per heavy atom. The lowest BCUT2D eigenvalue weighted by Crippen LogP contribution is -2.21. The zero-order chi connectivity index (χ0) is 41.3. The summed E-state index contributed by atoms with van der Waals surface area (Å²) >= 11 is 0. The van der Waals surface area contributed by atoms with E-state index < -0.39 is 5.97 Å². The van der Waals surface area contributed by atoms with Gasteiger partial charge in [-0.05, 0) is 68.0 Å². The number of carbonyl (C=O) groups is 2. The molecule has 0 radical (unpaired) electrons. The predicted octanol–water partition coefficient (Wildman–Crippen LogP) is 10.8. The van der Waals surface area contributed by atoms with Gasteiger partial charge in [-0.15, -0.1) is 0 Å². The van der Waals surface area contributed by atoms with Crippen LogP contribution in [-0.4, -0.2) is 59.0 Å². The second kappa shape index (κ2) is 22.5. The average Bonchev–Trinajstić information content (AvgIpc) is 3.24. The van der Waals surface area contributed by atoms with Crippen LogP contribution in [0.15, 0.2) is 66.7 Å². The SMILES string of the molecule is CCCCOc1ccc2c(c1)OCC(c1cc(C(=O)Oc3cc(OCCCC)ccc3C(=O)Cc3ccc(OC)cc3OCCCC)c(OC)cc1OCCCC)C2. The van der Waals surface area contributed by atoms with Gasteiger partial charge in [-0.3, -0.25) is 4.79 Å². The summed E-state index contributed by atoms with van der Waals surface area (Å²) < 4.78 is 48.0. The van der Waals surface area contributed by atoms with Gasteiger partial charge in [0.05, 0.1) is 52.8 Å². The van der Waals surface area contributed by atoms with Crippen molar-refractivity contribution < 1.29 is 47.5 Å². The van der Waals surface area contributed by atoms with Gasteiger partial charge >= 0.3 is 5.97 Å². The largest absolute Gasteiger partial charge is 0.497 e. The van der Waals surface area contributed by atoms with Crippen molar-refractivity contribution >= 4 is 11.8 Å². The third-order valence-electron chi connectivity index (χ3n) is 10.1. The van der Waals surface area contributed by atoms with Gasteiger partial charge < -0.3 is 37.9 Å². The number of ketones is 1. The molecule has 58 heavy (non-hydrogen) atoms. The summed E-state index contributed by atoms with van der Waals surface area (Å²) in [6.07, 6.45) is 8.20. The van der Waals surface area contributed by atoms with Gasteiger partial charge in [-0.1, -0.05) is 65.5 Å². The molecule has 0 aromatic heterocycles. The summed E-state index contributed by atoms with van der Waals surface area (Å²) in [6, 6.07) is 19.9. The number of Topliss-reactive ketones (excluding diaryl/α,β-unsaturated/α-hetero) is 1. The highest BCUT2D eigenvalue weighted by Crippen LogP contribution is 2.41. The van der Waals surface area contributed by atoms with Crippen molar-refractivity contribution in [1.29, 1.82) is 0 Å². The molecule has 0 saturated carbocycles. The number of hydrogen-bond acceptors (Lipinski definition) is 10. The van der Waals surface area contributed by atoms with Gasteiger partial charge in [-0.2, -0.15) is 0 Å². The average molecular weight is 797 g/mol. The first kappa shape index (κ1) is 43.7. The van der Waals surface area contributed by atoms with Gasteiger partial charge in [0, 0.05) is 47.7 Å². The molecule has 312 valence electrons. The Hall–Kier alpha value is -5.38. The minimum absolute atomic E-state index is 0.0127. The molecule has 0 fully saturated rings. The van der Waals surface area contributed by atoms with E-state index in [0.717, 1.165) is 74.0 Å². The van der Waals surface area contributed by atoms with E-state index in [0.29, 0.717) is 73.8 Å². The number of unbranched alkanes of at least 4 members (excludes halogenated alkanes) is 4. The number of fused-ring (bicyclic) bond motifs is 1. The molecule has 10 heteroatoms. The lowest BCUT2D eigenvalue weighted by molar-refractivity contribution is 0.0728. The fraction of sp³-hybridized carbons (Fsp3) is 0.458. The molecule has 0 N–H and O–H groups in total. The zero-order valence-corrected chi connectivity index (χ0v) is 35.1. The molecule has 10 nitrogen and oxygen atoms in total. The predicted molar refractivity (Wildman–Crippen MR) is 225 cm³/mol. The van der Waals surface area contributed by atoms with Crippen molar-refractivity contribution in [3.05, 3.63) is 94.5 Å². The van der Waals surface area contributed by atoms with E-state index in [2.05, 4.69) is 27.7 Å². The Bertz CT molecular complexity index is 1950. The molecule has 5 rings (SSSR count). The van der Waals surface area contributed by atoms with Crippen molar-refractivity contribution in [1.82, 2.24) is 0 Å². The van der Waals surface area contributed by atoms with Crippen LogP contribution in [0.5, 0.6) is 46.0 Å². The van der Waals surface area contributed by atoms with Gasteiger partial charge in [0.2, 0.25) is 0 Å². The van der Waals surface area contributed by atoms with Crippen LogP contribution in [0.4, 0.5) is 0 Å². The molecule has 0 aliphatic carbocycles. The molecule has 1 atom stereocenters. The number of carbonyl (C=O) groups excluding carboxylic acids is 2. The molecule has 0 saturated heterocycles. The number of esters is 1. The fourth-order valence-electron chi connectivity index (χ4n) is 6.59. The topological polar surface area (TPSA) is 108 Å². The lowest BCUT2D eigenvalue weighted by Gasteiger charge is -2.28. The van der Waals surface area contributed by atoms with Crippen molar-refractivity contribution in [2.75, 3.05) is 47.3 Å². The summed E-state index contributed by atoms with van der Waals surface area (Å²) in [4.78, 5) is 28.5. The highest BCUT2D eigenvalue weighted by Gasteiger charge is 2.29. The molecule has 1 aliphatic rings. The van der Waals surface area contributed by atoms with Crippen LogP contribution in [0.1, 0.15) is 122 Å². The van der Waals surface area contributed by atoms with E-state index >= 15 is 0 Å². The lowest BCUT2D eigenvalue weighted by atomic mass is 9.88. The monoisotopic (exact) mass is 796 g/mol. The molecule has 1 heterocycles. The van der Waals surface area contributed by atoms with Crippen molar-refractivity contribution in [2.24, 2.45) is 0 Å². The van der Waals surface area contributed by atoms with Gasteiger partial charge in [-0.25, -0.2) is 4.79 Å². The summed E-state index contributed by atoms with van der Waals surface area (Å²) in [5.41, 5.74) is 2.98. The third kappa shape index (κ3) is 11.8. The van der Waals surface area contributed by atoms with Gasteiger partial charge in [0.15, 0.2) is 5.78 Å². The zero-order valence-electron chi connectivity index (χ0n) is 35.1. The molecular formula is C48H60O10. The summed E-state index contributed by atoms with van der Waals surface area (Å²) in [7, 11) is 3.10. The Balaban J connectivity index is 1.47.